The number of aromatic nitrogens is 2. The predicted molar refractivity (Wildman–Crippen MR) is 62.6 cm³/mol. The molecule has 0 bridgehead atoms. The molecule has 0 spiro atoms. The van der Waals surface area contributed by atoms with Gasteiger partial charge in [0, 0.05) is 6.07 Å². The van der Waals surface area contributed by atoms with Crippen LogP contribution in [0.5, 0.6) is 0 Å². The van der Waals surface area contributed by atoms with Crippen LogP contribution in [0.1, 0.15) is 0 Å². The molecule has 7 heteroatoms. The highest BCUT2D eigenvalue weighted by Crippen LogP contribution is 2.17. The van der Waals surface area contributed by atoms with Gasteiger partial charge >= 0.3 is 5.69 Å². The Morgan fingerprint density at radius 1 is 1.11 bits per heavy atom. The molecule has 0 radical (unpaired) electrons. The molecule has 3 aromatic heterocycles. The molecule has 0 fully saturated rings. The van der Waals surface area contributed by atoms with Crippen molar-refractivity contribution in [1.82, 2.24) is 9.55 Å². The van der Waals surface area contributed by atoms with Crippen LogP contribution >= 0.6 is 0 Å². The lowest BCUT2D eigenvalue weighted by Gasteiger charge is -2.03. The second-order valence-electron chi connectivity index (χ2n) is 3.69. The molecule has 3 rings (SSSR count). The Morgan fingerprint density at radius 3 is 2.47 bits per heavy atom. The van der Waals surface area contributed by atoms with E-state index in [0.29, 0.717) is 4.57 Å². The van der Waals surface area contributed by atoms with Crippen molar-refractivity contribution in [3.63, 3.8) is 0 Å². The number of aromatic amines is 1. The fourth-order valence-corrected chi connectivity index (χ4v) is 1.70. The van der Waals surface area contributed by atoms with E-state index in [2.05, 4.69) is 4.98 Å². The van der Waals surface area contributed by atoms with E-state index in [4.69, 9.17) is 8.83 Å². The summed E-state index contributed by atoms with van der Waals surface area (Å²) in [6.45, 7) is 0. The molecular formula is C12H7FN2O4. The smallest absolute Gasteiger partial charge is 0.336 e. The van der Waals surface area contributed by atoms with Crippen LogP contribution in [0.25, 0.3) is 17.3 Å². The lowest BCUT2D eigenvalue weighted by atomic mass is 10.3. The summed E-state index contributed by atoms with van der Waals surface area (Å²) in [7, 11) is 0. The number of hydrogen-bond donors (Lipinski definition) is 1. The normalized spacial score (nSPS) is 10.8. The van der Waals surface area contributed by atoms with E-state index in [1.54, 1.807) is 0 Å². The average Bonchev–Trinajstić information content (AvgIpc) is 3.06. The Morgan fingerprint density at radius 2 is 1.84 bits per heavy atom. The third kappa shape index (κ3) is 1.71. The number of nitrogens with one attached hydrogen (secondary N) is 1. The highest BCUT2D eigenvalue weighted by molar-refractivity contribution is 5.51. The quantitative estimate of drug-likeness (QED) is 0.759. The molecular weight excluding hydrogens is 255 g/mol. The number of H-pyrrole nitrogens is 1. The minimum absolute atomic E-state index is 0.0591. The molecule has 0 aromatic carbocycles. The first kappa shape index (κ1) is 11.3. The summed E-state index contributed by atoms with van der Waals surface area (Å²) in [6, 6.07) is 5.82. The molecule has 0 aliphatic rings. The fraction of sp³-hybridized carbons (Fsp3) is 0. The Labute approximate surface area is 104 Å². The first-order chi connectivity index (χ1) is 9.18. The lowest BCUT2D eigenvalue weighted by molar-refractivity contribution is 0.505. The van der Waals surface area contributed by atoms with Gasteiger partial charge in [0.05, 0.1) is 12.5 Å². The third-order valence-corrected chi connectivity index (χ3v) is 2.54. The Bertz CT molecular complexity index is 813. The summed E-state index contributed by atoms with van der Waals surface area (Å²) in [5.41, 5.74) is -2.21. The van der Waals surface area contributed by atoms with Gasteiger partial charge in [-0.25, -0.2) is 4.79 Å². The first-order valence-corrected chi connectivity index (χ1v) is 5.31. The van der Waals surface area contributed by atoms with Crippen molar-refractivity contribution >= 4 is 0 Å². The molecule has 3 heterocycles. The van der Waals surface area contributed by atoms with E-state index in [1.807, 2.05) is 0 Å². The maximum atomic E-state index is 14.0. The number of hydrogen-bond acceptors (Lipinski definition) is 4. The zero-order valence-electron chi connectivity index (χ0n) is 9.42. The molecule has 0 amide bonds. The molecule has 0 saturated carbocycles. The molecule has 0 aliphatic heterocycles. The summed E-state index contributed by atoms with van der Waals surface area (Å²) in [4.78, 5) is 26.0. The Kier molecular flexibility index (Phi) is 2.45. The fourth-order valence-electron chi connectivity index (χ4n) is 1.70. The minimum Gasteiger partial charge on any atom is -0.463 e. The second-order valence-corrected chi connectivity index (χ2v) is 3.69. The lowest BCUT2D eigenvalue weighted by Crippen LogP contribution is -2.36. The van der Waals surface area contributed by atoms with Gasteiger partial charge in [-0.1, -0.05) is 0 Å². The first-order valence-electron chi connectivity index (χ1n) is 5.31. The van der Waals surface area contributed by atoms with Crippen molar-refractivity contribution in [2.24, 2.45) is 0 Å². The van der Waals surface area contributed by atoms with Crippen molar-refractivity contribution in [2.75, 3.05) is 0 Å². The summed E-state index contributed by atoms with van der Waals surface area (Å²) in [5.74, 6) is -1.11. The van der Waals surface area contributed by atoms with E-state index in [-0.39, 0.29) is 17.3 Å². The van der Waals surface area contributed by atoms with E-state index in [9.17, 15) is 14.0 Å². The van der Waals surface area contributed by atoms with Gasteiger partial charge in [0.2, 0.25) is 11.7 Å². The van der Waals surface area contributed by atoms with Crippen LogP contribution in [-0.2, 0) is 0 Å². The van der Waals surface area contributed by atoms with Crippen LogP contribution in [0, 0.1) is 5.82 Å². The van der Waals surface area contributed by atoms with Gasteiger partial charge in [-0.3, -0.25) is 4.79 Å². The molecule has 19 heavy (non-hydrogen) atoms. The largest absolute Gasteiger partial charge is 0.463 e. The van der Waals surface area contributed by atoms with E-state index >= 15 is 0 Å². The van der Waals surface area contributed by atoms with Gasteiger partial charge in [0.25, 0.3) is 5.56 Å². The number of rotatable bonds is 2. The molecule has 96 valence electrons. The summed E-state index contributed by atoms with van der Waals surface area (Å²) < 4.78 is 24.4. The maximum Gasteiger partial charge on any atom is 0.336 e. The predicted octanol–water partition coefficient (Wildman–Crippen LogP) is 1.52. The summed E-state index contributed by atoms with van der Waals surface area (Å²) in [6.07, 6.45) is 2.59. The monoisotopic (exact) mass is 262 g/mol. The van der Waals surface area contributed by atoms with Crippen molar-refractivity contribution in [1.29, 1.82) is 0 Å². The van der Waals surface area contributed by atoms with Crippen molar-refractivity contribution in [3.05, 3.63) is 63.4 Å². The molecule has 1 N–H and O–H groups in total. The van der Waals surface area contributed by atoms with E-state index < -0.39 is 17.1 Å². The maximum absolute atomic E-state index is 14.0. The average molecular weight is 262 g/mol. The van der Waals surface area contributed by atoms with Gasteiger partial charge in [-0.05, 0) is 18.2 Å². The van der Waals surface area contributed by atoms with Crippen LogP contribution in [0.15, 0.2) is 55.2 Å². The van der Waals surface area contributed by atoms with Gasteiger partial charge in [-0.2, -0.15) is 8.96 Å². The molecule has 0 aliphatic carbocycles. The van der Waals surface area contributed by atoms with Gasteiger partial charge in [0.1, 0.15) is 5.69 Å². The highest BCUT2D eigenvalue weighted by atomic mass is 19.1. The van der Waals surface area contributed by atoms with Crippen molar-refractivity contribution in [2.45, 2.75) is 0 Å². The third-order valence-electron chi connectivity index (χ3n) is 2.54. The molecule has 6 nitrogen and oxygen atoms in total. The minimum atomic E-state index is -1.12. The zero-order valence-corrected chi connectivity index (χ0v) is 9.42. The standard InChI is InChI=1S/C12H7FN2O4/c13-9-10(7-3-1-5-18-7)14-12(17)15(11(9)16)8-4-2-6-19-8/h1-6H,(H,14,17). The van der Waals surface area contributed by atoms with Crippen LogP contribution in [0.4, 0.5) is 4.39 Å². The van der Waals surface area contributed by atoms with Gasteiger partial charge < -0.3 is 13.8 Å². The van der Waals surface area contributed by atoms with E-state index in [1.165, 1.54) is 36.8 Å². The van der Waals surface area contributed by atoms with Crippen molar-refractivity contribution in [3.8, 4) is 17.3 Å². The van der Waals surface area contributed by atoms with E-state index in [0.717, 1.165) is 0 Å². The van der Waals surface area contributed by atoms with Crippen LogP contribution in [-0.4, -0.2) is 9.55 Å². The number of furan rings is 2. The molecule has 0 unspecified atom stereocenters. The molecule has 3 aromatic rings. The molecule has 0 saturated heterocycles. The molecule has 0 atom stereocenters. The van der Waals surface area contributed by atoms with Crippen LogP contribution in [0.2, 0.25) is 0 Å². The van der Waals surface area contributed by atoms with Gasteiger partial charge in [0.15, 0.2) is 5.76 Å². The summed E-state index contributed by atoms with van der Waals surface area (Å²) in [5, 5.41) is 0. The zero-order chi connectivity index (χ0) is 13.4. The van der Waals surface area contributed by atoms with Crippen LogP contribution in [0.3, 0.4) is 0 Å². The van der Waals surface area contributed by atoms with Crippen LogP contribution < -0.4 is 11.2 Å². The van der Waals surface area contributed by atoms with Gasteiger partial charge in [-0.15, -0.1) is 0 Å². The SMILES string of the molecule is O=c1[nH]c(-c2ccco2)c(F)c(=O)n1-c1ccco1. The Hall–Kier alpha value is -2.83. The highest BCUT2D eigenvalue weighted by Gasteiger charge is 2.18. The number of halogens is 1. The summed E-state index contributed by atoms with van der Waals surface area (Å²) >= 11 is 0. The topological polar surface area (TPSA) is 81.1 Å². The van der Waals surface area contributed by atoms with Crippen molar-refractivity contribution < 1.29 is 13.2 Å². The second kappa shape index (κ2) is 4.13. The number of nitrogens with zero attached hydrogens (tertiary/aromatic N) is 1. The Balaban J connectivity index is 2.31.